The fourth-order valence-corrected chi connectivity index (χ4v) is 2.20. The van der Waals surface area contributed by atoms with Crippen LogP contribution in [0.2, 0.25) is 0 Å². The van der Waals surface area contributed by atoms with Gasteiger partial charge >= 0.3 is 0 Å². The Hall–Kier alpha value is -1.62. The van der Waals surface area contributed by atoms with Crippen LogP contribution in [-0.4, -0.2) is 14.9 Å². The zero-order chi connectivity index (χ0) is 11.5. The van der Waals surface area contributed by atoms with Crippen LogP contribution in [0.15, 0.2) is 35.5 Å². The highest BCUT2D eigenvalue weighted by atomic mass is 32.2. The fraction of sp³-hybridized carbons (Fsp3) is 0.182. The highest BCUT2D eigenvalue weighted by molar-refractivity contribution is 7.98. The van der Waals surface area contributed by atoms with Gasteiger partial charge < -0.3 is 10.8 Å². The normalized spacial score (nSPS) is 10.6. The van der Waals surface area contributed by atoms with Gasteiger partial charge in [0, 0.05) is 23.9 Å². The third-order valence-corrected chi connectivity index (χ3v) is 3.20. The molecular formula is C11H13N3OS. The molecular weight excluding hydrogens is 222 g/mol. The summed E-state index contributed by atoms with van der Waals surface area (Å²) in [5, 5.41) is 13.4. The molecule has 1 aromatic heterocycles. The number of hydrogen-bond donors (Lipinski definition) is 2. The van der Waals surface area contributed by atoms with Crippen LogP contribution in [0.4, 0.5) is 5.69 Å². The maximum Gasteiger partial charge on any atom is 0.138 e. The largest absolute Gasteiger partial charge is 0.506 e. The van der Waals surface area contributed by atoms with Crippen molar-refractivity contribution in [2.45, 2.75) is 10.6 Å². The van der Waals surface area contributed by atoms with Crippen molar-refractivity contribution in [2.24, 2.45) is 7.05 Å². The van der Waals surface area contributed by atoms with E-state index in [1.165, 1.54) is 0 Å². The summed E-state index contributed by atoms with van der Waals surface area (Å²) in [6.07, 6.45) is 3.79. The van der Waals surface area contributed by atoms with Crippen molar-refractivity contribution in [1.82, 2.24) is 9.78 Å². The summed E-state index contributed by atoms with van der Waals surface area (Å²) in [4.78, 5) is 1.12. The summed E-state index contributed by atoms with van der Waals surface area (Å²) in [7, 11) is 1.89. The summed E-state index contributed by atoms with van der Waals surface area (Å²) in [5.41, 5.74) is 7.13. The lowest BCUT2D eigenvalue weighted by molar-refractivity contribution is 0.478. The summed E-state index contributed by atoms with van der Waals surface area (Å²) in [6, 6.07) is 5.28. The predicted molar refractivity (Wildman–Crippen MR) is 65.3 cm³/mol. The average molecular weight is 235 g/mol. The number of phenolic OH excluding ortho intramolecular Hbond substituents is 1. The van der Waals surface area contributed by atoms with E-state index < -0.39 is 0 Å². The summed E-state index contributed by atoms with van der Waals surface area (Å²) in [6.45, 7) is 0. The van der Waals surface area contributed by atoms with Crippen LogP contribution in [0.5, 0.6) is 5.75 Å². The Morgan fingerprint density at radius 1 is 1.50 bits per heavy atom. The Morgan fingerprint density at radius 2 is 2.31 bits per heavy atom. The van der Waals surface area contributed by atoms with E-state index in [0.29, 0.717) is 5.69 Å². The molecule has 0 atom stereocenters. The van der Waals surface area contributed by atoms with E-state index in [2.05, 4.69) is 5.10 Å². The van der Waals surface area contributed by atoms with Crippen LogP contribution in [0.3, 0.4) is 0 Å². The van der Waals surface area contributed by atoms with Crippen LogP contribution in [0.25, 0.3) is 0 Å². The number of hydrogen-bond acceptors (Lipinski definition) is 4. The van der Waals surface area contributed by atoms with E-state index >= 15 is 0 Å². The Bertz CT molecular complexity index is 496. The van der Waals surface area contributed by atoms with Gasteiger partial charge in [0.15, 0.2) is 0 Å². The lowest BCUT2D eigenvalue weighted by Gasteiger charge is -2.03. The van der Waals surface area contributed by atoms with Crippen molar-refractivity contribution < 1.29 is 5.11 Å². The van der Waals surface area contributed by atoms with Crippen molar-refractivity contribution in [3.05, 3.63) is 36.2 Å². The van der Waals surface area contributed by atoms with Gasteiger partial charge in [0.05, 0.1) is 11.9 Å². The fourth-order valence-electron chi connectivity index (χ4n) is 1.33. The van der Waals surface area contributed by atoms with Crippen LogP contribution in [0, 0.1) is 0 Å². The number of aromatic hydroxyl groups is 1. The predicted octanol–water partition coefficient (Wildman–Crippen LogP) is 2.00. The number of phenols is 1. The van der Waals surface area contributed by atoms with Gasteiger partial charge in [-0.3, -0.25) is 4.68 Å². The zero-order valence-electron chi connectivity index (χ0n) is 8.92. The molecule has 3 N–H and O–H groups in total. The second kappa shape index (κ2) is 4.49. The molecule has 0 saturated carbocycles. The average Bonchev–Trinajstić information content (AvgIpc) is 2.66. The Kier molecular flexibility index (Phi) is 3.05. The van der Waals surface area contributed by atoms with E-state index in [0.717, 1.165) is 16.2 Å². The van der Waals surface area contributed by atoms with Gasteiger partial charge in [0.1, 0.15) is 5.75 Å². The Morgan fingerprint density at radius 3 is 2.94 bits per heavy atom. The van der Waals surface area contributed by atoms with E-state index in [-0.39, 0.29) is 5.75 Å². The quantitative estimate of drug-likeness (QED) is 0.485. The van der Waals surface area contributed by atoms with Gasteiger partial charge in [0.2, 0.25) is 0 Å². The molecule has 0 saturated heterocycles. The van der Waals surface area contributed by atoms with Crippen LogP contribution >= 0.6 is 11.8 Å². The molecule has 16 heavy (non-hydrogen) atoms. The van der Waals surface area contributed by atoms with Gasteiger partial charge in [-0.05, 0) is 17.7 Å². The lowest BCUT2D eigenvalue weighted by atomic mass is 10.2. The number of nitrogen functional groups attached to an aromatic ring is 1. The molecule has 84 valence electrons. The van der Waals surface area contributed by atoms with Crippen molar-refractivity contribution in [3.63, 3.8) is 0 Å². The number of thioether (sulfide) groups is 1. The Balaban J connectivity index is 2.02. The number of nitrogens with two attached hydrogens (primary N) is 1. The molecule has 0 bridgehead atoms. The number of anilines is 1. The maximum atomic E-state index is 9.29. The third-order valence-electron chi connectivity index (χ3n) is 2.18. The van der Waals surface area contributed by atoms with E-state index in [1.807, 2.05) is 25.5 Å². The number of aromatic nitrogens is 2. The number of nitrogens with zero attached hydrogens (tertiary/aromatic N) is 2. The first-order valence-corrected chi connectivity index (χ1v) is 5.82. The first kappa shape index (κ1) is 10.9. The minimum atomic E-state index is 0.134. The van der Waals surface area contributed by atoms with Gasteiger partial charge in [-0.2, -0.15) is 5.10 Å². The summed E-state index contributed by atoms with van der Waals surface area (Å²) >= 11 is 1.69. The highest BCUT2D eigenvalue weighted by Gasteiger charge is 2.01. The molecule has 0 radical (unpaired) electrons. The minimum Gasteiger partial charge on any atom is -0.506 e. The summed E-state index contributed by atoms with van der Waals surface area (Å²) < 4.78 is 1.77. The molecule has 1 aromatic carbocycles. The monoisotopic (exact) mass is 235 g/mol. The second-order valence-corrected chi connectivity index (χ2v) is 4.58. The van der Waals surface area contributed by atoms with Crippen molar-refractivity contribution in [1.29, 1.82) is 0 Å². The van der Waals surface area contributed by atoms with Crippen LogP contribution in [0.1, 0.15) is 5.56 Å². The standard InChI is InChI=1S/C11H13N3OS/c1-14-6-9(5-13-14)16-7-8-2-3-11(15)10(12)4-8/h2-6,15H,7,12H2,1H3. The zero-order valence-corrected chi connectivity index (χ0v) is 9.74. The maximum absolute atomic E-state index is 9.29. The Labute approximate surface area is 98.1 Å². The van der Waals surface area contributed by atoms with E-state index in [1.54, 1.807) is 28.6 Å². The third kappa shape index (κ3) is 2.49. The SMILES string of the molecule is Cn1cc(SCc2ccc(O)c(N)c2)cn1. The molecule has 0 fully saturated rings. The second-order valence-electron chi connectivity index (χ2n) is 3.53. The first-order valence-electron chi connectivity index (χ1n) is 4.84. The lowest BCUT2D eigenvalue weighted by Crippen LogP contribution is -1.88. The molecule has 1 heterocycles. The molecule has 0 aliphatic rings. The molecule has 0 amide bonds. The topological polar surface area (TPSA) is 64.1 Å². The first-order chi connectivity index (χ1) is 7.65. The molecule has 4 nitrogen and oxygen atoms in total. The van der Waals surface area contributed by atoms with E-state index in [9.17, 15) is 5.11 Å². The van der Waals surface area contributed by atoms with Crippen molar-refractivity contribution >= 4 is 17.4 Å². The number of benzene rings is 1. The molecule has 0 unspecified atom stereocenters. The molecule has 0 aliphatic carbocycles. The number of aryl methyl sites for hydroxylation is 1. The molecule has 0 spiro atoms. The van der Waals surface area contributed by atoms with Gasteiger partial charge in [-0.1, -0.05) is 6.07 Å². The van der Waals surface area contributed by atoms with Crippen LogP contribution < -0.4 is 5.73 Å². The van der Waals surface area contributed by atoms with Crippen LogP contribution in [-0.2, 0) is 12.8 Å². The van der Waals surface area contributed by atoms with Gasteiger partial charge in [-0.25, -0.2) is 0 Å². The van der Waals surface area contributed by atoms with Gasteiger partial charge in [-0.15, -0.1) is 11.8 Å². The summed E-state index contributed by atoms with van der Waals surface area (Å²) in [5.74, 6) is 0.950. The molecule has 0 aliphatic heterocycles. The molecule has 2 aromatic rings. The minimum absolute atomic E-state index is 0.134. The van der Waals surface area contributed by atoms with E-state index in [4.69, 9.17) is 5.73 Å². The van der Waals surface area contributed by atoms with Crippen molar-refractivity contribution in [3.8, 4) is 5.75 Å². The smallest absolute Gasteiger partial charge is 0.138 e. The molecule has 5 heteroatoms. The van der Waals surface area contributed by atoms with Crippen molar-refractivity contribution in [2.75, 3.05) is 5.73 Å². The van der Waals surface area contributed by atoms with Gasteiger partial charge in [0.25, 0.3) is 0 Å². The highest BCUT2D eigenvalue weighted by Crippen LogP contribution is 2.26. The molecule has 2 rings (SSSR count). The number of rotatable bonds is 3.